The van der Waals surface area contributed by atoms with Crippen molar-refractivity contribution < 1.29 is 17.9 Å². The second-order valence-corrected chi connectivity index (χ2v) is 7.96. The van der Waals surface area contributed by atoms with E-state index in [1.165, 1.54) is 7.11 Å². The van der Waals surface area contributed by atoms with Crippen molar-refractivity contribution in [2.45, 2.75) is 37.4 Å². The third-order valence-corrected chi connectivity index (χ3v) is 5.48. The van der Waals surface area contributed by atoms with Crippen molar-refractivity contribution in [3.05, 3.63) is 29.8 Å². The maximum absolute atomic E-state index is 11.9. The van der Waals surface area contributed by atoms with E-state index in [1.807, 2.05) is 0 Å². The SMILES string of the molecule is COC(CN)CC(=O)Nc1cccc(CS(=O)(=O)C(C)C)c1. The highest BCUT2D eigenvalue weighted by Crippen LogP contribution is 2.16. The number of amides is 1. The van der Waals surface area contributed by atoms with Gasteiger partial charge in [-0.2, -0.15) is 0 Å². The summed E-state index contributed by atoms with van der Waals surface area (Å²) in [6.45, 7) is 3.56. The molecule has 3 N–H and O–H groups in total. The number of nitrogens with one attached hydrogen (secondary N) is 1. The number of carbonyl (C=O) groups excluding carboxylic acids is 1. The highest BCUT2D eigenvalue weighted by atomic mass is 32.2. The monoisotopic (exact) mass is 328 g/mol. The summed E-state index contributed by atoms with van der Waals surface area (Å²) in [6.07, 6.45) is -0.175. The summed E-state index contributed by atoms with van der Waals surface area (Å²) in [7, 11) is -1.67. The molecule has 0 spiro atoms. The lowest BCUT2D eigenvalue weighted by Gasteiger charge is -2.13. The molecule has 0 bridgehead atoms. The van der Waals surface area contributed by atoms with Gasteiger partial charge in [-0.15, -0.1) is 0 Å². The lowest BCUT2D eigenvalue weighted by Crippen LogP contribution is -2.28. The number of rotatable bonds is 8. The molecule has 0 heterocycles. The summed E-state index contributed by atoms with van der Waals surface area (Å²) in [5.74, 6) is -0.265. The first-order valence-corrected chi connectivity index (χ1v) is 8.83. The van der Waals surface area contributed by atoms with Gasteiger partial charge in [0.05, 0.1) is 23.5 Å². The summed E-state index contributed by atoms with van der Waals surface area (Å²) in [4.78, 5) is 11.9. The van der Waals surface area contributed by atoms with Crippen LogP contribution in [0.25, 0.3) is 0 Å². The number of ether oxygens (including phenoxy) is 1. The van der Waals surface area contributed by atoms with Crippen LogP contribution in [0.4, 0.5) is 5.69 Å². The Bertz CT molecular complexity index is 595. The van der Waals surface area contributed by atoms with Gasteiger partial charge in [0.2, 0.25) is 5.91 Å². The summed E-state index contributed by atoms with van der Waals surface area (Å²) >= 11 is 0. The Kier molecular flexibility index (Phi) is 6.99. The lowest BCUT2D eigenvalue weighted by atomic mass is 10.2. The van der Waals surface area contributed by atoms with Gasteiger partial charge in [0.25, 0.3) is 0 Å². The first-order chi connectivity index (χ1) is 10.3. The predicted molar refractivity (Wildman–Crippen MR) is 87.3 cm³/mol. The smallest absolute Gasteiger partial charge is 0.227 e. The number of hydrogen-bond donors (Lipinski definition) is 2. The van der Waals surface area contributed by atoms with Gasteiger partial charge in [-0.05, 0) is 31.5 Å². The standard InChI is InChI=1S/C15H24N2O4S/c1-11(2)22(19,20)10-12-5-4-6-13(7-12)17-15(18)8-14(9-16)21-3/h4-7,11,14H,8-10,16H2,1-3H3,(H,17,18). The molecular formula is C15H24N2O4S. The van der Waals surface area contributed by atoms with E-state index < -0.39 is 15.1 Å². The molecule has 1 rings (SSSR count). The fourth-order valence-corrected chi connectivity index (χ4v) is 2.80. The van der Waals surface area contributed by atoms with Gasteiger partial charge in [-0.25, -0.2) is 8.42 Å². The fraction of sp³-hybridized carbons (Fsp3) is 0.533. The molecule has 22 heavy (non-hydrogen) atoms. The van der Waals surface area contributed by atoms with Crippen molar-refractivity contribution in [2.75, 3.05) is 19.0 Å². The molecule has 0 radical (unpaired) electrons. The van der Waals surface area contributed by atoms with Gasteiger partial charge in [-0.3, -0.25) is 4.79 Å². The van der Waals surface area contributed by atoms with Crippen LogP contribution in [-0.2, 0) is 25.1 Å². The van der Waals surface area contributed by atoms with E-state index in [9.17, 15) is 13.2 Å². The van der Waals surface area contributed by atoms with E-state index >= 15 is 0 Å². The van der Waals surface area contributed by atoms with Crippen molar-refractivity contribution in [1.82, 2.24) is 0 Å². The second kappa shape index (κ2) is 8.26. The Balaban J connectivity index is 2.74. The molecule has 0 aliphatic carbocycles. The van der Waals surface area contributed by atoms with Crippen molar-refractivity contribution in [3.8, 4) is 0 Å². The summed E-state index contributed by atoms with van der Waals surface area (Å²) in [6, 6.07) is 6.83. The molecule has 0 saturated heterocycles. The molecule has 1 amide bonds. The molecule has 7 heteroatoms. The fourth-order valence-electron chi connectivity index (χ4n) is 1.82. The first kappa shape index (κ1) is 18.6. The molecular weight excluding hydrogens is 304 g/mol. The molecule has 0 saturated carbocycles. The van der Waals surface area contributed by atoms with Crippen LogP contribution in [0, 0.1) is 0 Å². The van der Waals surface area contributed by atoms with E-state index in [0.717, 1.165) is 0 Å². The minimum atomic E-state index is -3.17. The zero-order valence-corrected chi connectivity index (χ0v) is 14.0. The maximum Gasteiger partial charge on any atom is 0.227 e. The molecule has 0 aliphatic heterocycles. The van der Waals surface area contributed by atoms with Gasteiger partial charge in [-0.1, -0.05) is 12.1 Å². The summed E-state index contributed by atoms with van der Waals surface area (Å²) in [5.41, 5.74) is 6.69. The van der Waals surface area contributed by atoms with Crippen molar-refractivity contribution >= 4 is 21.4 Å². The quantitative estimate of drug-likeness (QED) is 0.750. The van der Waals surface area contributed by atoms with Gasteiger partial charge >= 0.3 is 0 Å². The number of anilines is 1. The average Bonchev–Trinajstić information content (AvgIpc) is 2.44. The van der Waals surface area contributed by atoms with E-state index in [-0.39, 0.29) is 30.7 Å². The summed E-state index contributed by atoms with van der Waals surface area (Å²) < 4.78 is 28.9. The van der Waals surface area contributed by atoms with E-state index in [4.69, 9.17) is 10.5 Å². The number of methoxy groups -OCH3 is 1. The molecule has 1 aromatic rings. The average molecular weight is 328 g/mol. The third kappa shape index (κ3) is 5.75. The minimum absolute atomic E-state index is 0.0438. The molecule has 0 aromatic heterocycles. The largest absolute Gasteiger partial charge is 0.380 e. The zero-order chi connectivity index (χ0) is 16.8. The number of benzene rings is 1. The topological polar surface area (TPSA) is 98.5 Å². The van der Waals surface area contributed by atoms with Gasteiger partial charge in [0.15, 0.2) is 9.84 Å². The second-order valence-electron chi connectivity index (χ2n) is 5.40. The normalized spacial score (nSPS) is 13.1. The molecule has 0 aliphatic rings. The minimum Gasteiger partial charge on any atom is -0.380 e. The van der Waals surface area contributed by atoms with Crippen LogP contribution in [0.2, 0.25) is 0 Å². The van der Waals surface area contributed by atoms with E-state index in [0.29, 0.717) is 11.3 Å². The number of sulfone groups is 1. The molecule has 124 valence electrons. The van der Waals surface area contributed by atoms with Crippen molar-refractivity contribution in [1.29, 1.82) is 0 Å². The maximum atomic E-state index is 11.9. The first-order valence-electron chi connectivity index (χ1n) is 7.11. The van der Waals surface area contributed by atoms with Gasteiger partial charge in [0.1, 0.15) is 0 Å². The van der Waals surface area contributed by atoms with Gasteiger partial charge in [0, 0.05) is 19.3 Å². The van der Waals surface area contributed by atoms with Crippen molar-refractivity contribution in [2.24, 2.45) is 5.73 Å². The Morgan fingerprint density at radius 1 is 1.36 bits per heavy atom. The Labute approximate surface area is 132 Å². The van der Waals surface area contributed by atoms with E-state index in [1.54, 1.807) is 38.1 Å². The Morgan fingerprint density at radius 2 is 2.05 bits per heavy atom. The van der Waals surface area contributed by atoms with Crippen LogP contribution in [0.5, 0.6) is 0 Å². The van der Waals surface area contributed by atoms with Crippen LogP contribution in [0.3, 0.4) is 0 Å². The highest BCUT2D eigenvalue weighted by Gasteiger charge is 2.17. The van der Waals surface area contributed by atoms with Crippen LogP contribution in [-0.4, -0.2) is 39.3 Å². The van der Waals surface area contributed by atoms with Crippen LogP contribution in [0.1, 0.15) is 25.8 Å². The van der Waals surface area contributed by atoms with Gasteiger partial charge < -0.3 is 15.8 Å². The highest BCUT2D eigenvalue weighted by molar-refractivity contribution is 7.91. The Hall–Kier alpha value is -1.44. The Morgan fingerprint density at radius 3 is 2.59 bits per heavy atom. The molecule has 1 unspecified atom stereocenters. The predicted octanol–water partition coefficient (Wildman–Crippen LogP) is 1.31. The van der Waals surface area contributed by atoms with Crippen molar-refractivity contribution in [3.63, 3.8) is 0 Å². The molecule has 6 nitrogen and oxygen atoms in total. The zero-order valence-electron chi connectivity index (χ0n) is 13.2. The number of carbonyl (C=O) groups is 1. The van der Waals surface area contributed by atoms with Crippen LogP contribution in [0.15, 0.2) is 24.3 Å². The summed E-state index contributed by atoms with van der Waals surface area (Å²) in [5, 5.41) is 2.29. The third-order valence-electron chi connectivity index (χ3n) is 3.31. The van der Waals surface area contributed by atoms with Crippen LogP contribution >= 0.6 is 0 Å². The number of hydrogen-bond acceptors (Lipinski definition) is 5. The molecule has 0 fully saturated rings. The molecule has 1 atom stereocenters. The number of nitrogens with two attached hydrogens (primary N) is 1. The lowest BCUT2D eigenvalue weighted by molar-refractivity contribution is -0.118. The van der Waals surface area contributed by atoms with E-state index in [2.05, 4.69) is 5.32 Å². The van der Waals surface area contributed by atoms with Crippen LogP contribution < -0.4 is 11.1 Å². The molecule has 1 aromatic carbocycles.